The van der Waals surface area contributed by atoms with Crippen molar-refractivity contribution in [2.24, 2.45) is 5.92 Å². The van der Waals surface area contributed by atoms with Crippen molar-refractivity contribution < 1.29 is 19.1 Å². The highest BCUT2D eigenvalue weighted by molar-refractivity contribution is 5.69. The first-order valence-electron chi connectivity index (χ1n) is 15.1. The lowest BCUT2D eigenvalue weighted by molar-refractivity contribution is -0.144. The van der Waals surface area contributed by atoms with Crippen molar-refractivity contribution in [3.05, 3.63) is 0 Å². The molecule has 6 heteroatoms. The first-order chi connectivity index (χ1) is 17.2. The lowest BCUT2D eigenvalue weighted by Gasteiger charge is -2.35. The Labute approximate surface area is 222 Å². The summed E-state index contributed by atoms with van der Waals surface area (Å²) in [7, 11) is 0. The molecule has 1 unspecified atom stereocenters. The summed E-state index contributed by atoms with van der Waals surface area (Å²) >= 11 is 0. The van der Waals surface area contributed by atoms with Crippen LogP contribution >= 0.6 is 0 Å². The summed E-state index contributed by atoms with van der Waals surface area (Å²) in [6.45, 7) is 15.4. The number of rotatable bonds is 19. The maximum atomic E-state index is 12.5. The number of piperidine rings is 1. The van der Waals surface area contributed by atoms with Gasteiger partial charge in [0, 0.05) is 19.5 Å². The minimum atomic E-state index is -0.450. The van der Waals surface area contributed by atoms with Crippen LogP contribution in [0.25, 0.3) is 0 Å². The summed E-state index contributed by atoms with van der Waals surface area (Å²) in [5.41, 5.74) is -0.450. The molecule has 0 bridgehead atoms. The van der Waals surface area contributed by atoms with Gasteiger partial charge in [0.05, 0.1) is 6.61 Å². The van der Waals surface area contributed by atoms with E-state index >= 15 is 0 Å². The second kappa shape index (κ2) is 19.8. The van der Waals surface area contributed by atoms with Crippen LogP contribution in [0.3, 0.4) is 0 Å². The van der Waals surface area contributed by atoms with Gasteiger partial charge in [0.2, 0.25) is 0 Å². The third-order valence-electron chi connectivity index (χ3n) is 6.97. The molecular formula is C30H58N2O4. The molecule has 1 aliphatic heterocycles. The van der Waals surface area contributed by atoms with Crippen LogP contribution in [-0.4, -0.2) is 66.8 Å². The minimum absolute atomic E-state index is 0.0535. The number of likely N-dealkylation sites (tertiary alicyclic amines) is 1. The van der Waals surface area contributed by atoms with E-state index in [0.29, 0.717) is 18.9 Å². The Morgan fingerprint density at radius 2 is 1.50 bits per heavy atom. The van der Waals surface area contributed by atoms with Gasteiger partial charge in [0.1, 0.15) is 5.60 Å². The second-order valence-electron chi connectivity index (χ2n) is 11.7. The molecule has 6 nitrogen and oxygen atoms in total. The topological polar surface area (TPSA) is 59.1 Å². The number of hydrogen-bond donors (Lipinski definition) is 0. The molecule has 0 saturated carbocycles. The predicted molar refractivity (Wildman–Crippen MR) is 149 cm³/mol. The first-order valence-corrected chi connectivity index (χ1v) is 15.1. The Morgan fingerprint density at radius 3 is 2.19 bits per heavy atom. The van der Waals surface area contributed by atoms with E-state index in [-0.39, 0.29) is 12.1 Å². The Morgan fingerprint density at radius 1 is 0.861 bits per heavy atom. The van der Waals surface area contributed by atoms with E-state index in [9.17, 15) is 9.59 Å². The number of carbonyl (C=O) groups is 2. The van der Waals surface area contributed by atoms with Crippen LogP contribution in [0.1, 0.15) is 131 Å². The number of unbranched alkanes of at least 4 members (excludes halogenated alkanes) is 8. The van der Waals surface area contributed by atoms with Crippen LogP contribution in [0.5, 0.6) is 0 Å². The summed E-state index contributed by atoms with van der Waals surface area (Å²) in [6.07, 6.45) is 16.9. The Bertz CT molecular complexity index is 576. The number of carbonyl (C=O) groups excluding carboxylic acids is 2. The third-order valence-corrected chi connectivity index (χ3v) is 6.97. The molecule has 0 aliphatic carbocycles. The normalized spacial score (nSPS) is 16.4. The van der Waals surface area contributed by atoms with Gasteiger partial charge in [-0.2, -0.15) is 0 Å². The van der Waals surface area contributed by atoms with Gasteiger partial charge in [0.15, 0.2) is 0 Å². The molecule has 0 spiro atoms. The zero-order chi connectivity index (χ0) is 26.7. The molecule has 212 valence electrons. The molecule has 1 atom stereocenters. The van der Waals surface area contributed by atoms with Crippen molar-refractivity contribution in [3.8, 4) is 0 Å². The van der Waals surface area contributed by atoms with Gasteiger partial charge in [0.25, 0.3) is 0 Å². The fourth-order valence-corrected chi connectivity index (χ4v) is 4.84. The summed E-state index contributed by atoms with van der Waals surface area (Å²) in [4.78, 5) is 29.1. The highest BCUT2D eigenvalue weighted by atomic mass is 16.6. The zero-order valence-electron chi connectivity index (χ0n) is 24.5. The van der Waals surface area contributed by atoms with Crippen LogP contribution in [0.15, 0.2) is 0 Å². The van der Waals surface area contributed by atoms with Gasteiger partial charge < -0.3 is 19.3 Å². The van der Waals surface area contributed by atoms with E-state index in [2.05, 4.69) is 18.7 Å². The average Bonchev–Trinajstić information content (AvgIpc) is 2.83. The Hall–Kier alpha value is -1.30. The van der Waals surface area contributed by atoms with Gasteiger partial charge in [-0.25, -0.2) is 4.79 Å². The summed E-state index contributed by atoms with van der Waals surface area (Å²) in [6, 6.07) is 0. The lowest BCUT2D eigenvalue weighted by Crippen LogP contribution is -2.43. The SMILES string of the molecule is CCCCCCCCCN(CCCC(=O)OCCCCC)CCC1CCCN(C(=O)OC(C)(C)C)C1. The highest BCUT2D eigenvalue weighted by Crippen LogP contribution is 2.22. The third kappa shape index (κ3) is 17.2. The quantitative estimate of drug-likeness (QED) is 0.132. The van der Waals surface area contributed by atoms with Crippen molar-refractivity contribution in [3.63, 3.8) is 0 Å². The minimum Gasteiger partial charge on any atom is -0.466 e. The van der Waals surface area contributed by atoms with Crippen molar-refractivity contribution in [1.82, 2.24) is 9.80 Å². The first kappa shape index (κ1) is 32.7. The van der Waals surface area contributed by atoms with E-state index in [0.717, 1.165) is 71.2 Å². The van der Waals surface area contributed by atoms with Crippen molar-refractivity contribution in [2.45, 2.75) is 137 Å². The highest BCUT2D eigenvalue weighted by Gasteiger charge is 2.27. The molecule has 0 aromatic rings. The molecular weight excluding hydrogens is 452 g/mol. The maximum absolute atomic E-state index is 12.5. The van der Waals surface area contributed by atoms with Crippen LogP contribution in [0.2, 0.25) is 0 Å². The standard InChI is InChI=1S/C30H58N2O4/c1-6-8-10-11-12-13-14-21-31(22-17-19-28(33)35-25-15-9-7-2)24-20-27-18-16-23-32(26-27)29(34)36-30(3,4)5/h27H,6-26H2,1-5H3. The molecule has 0 aromatic carbocycles. The lowest BCUT2D eigenvalue weighted by atomic mass is 9.94. The molecule has 1 amide bonds. The van der Waals surface area contributed by atoms with E-state index in [1.165, 1.54) is 51.4 Å². The van der Waals surface area contributed by atoms with E-state index in [4.69, 9.17) is 9.47 Å². The Kier molecular flexibility index (Phi) is 18.0. The fourth-order valence-electron chi connectivity index (χ4n) is 4.84. The molecule has 0 radical (unpaired) electrons. The molecule has 1 aliphatic rings. The van der Waals surface area contributed by atoms with E-state index in [1.807, 2.05) is 25.7 Å². The largest absolute Gasteiger partial charge is 0.466 e. The van der Waals surface area contributed by atoms with E-state index in [1.54, 1.807) is 0 Å². The van der Waals surface area contributed by atoms with Gasteiger partial charge >= 0.3 is 12.1 Å². The molecule has 0 N–H and O–H groups in total. The number of ether oxygens (including phenoxy) is 2. The van der Waals surface area contributed by atoms with Crippen molar-refractivity contribution >= 4 is 12.1 Å². The van der Waals surface area contributed by atoms with Gasteiger partial charge in [-0.1, -0.05) is 65.2 Å². The van der Waals surface area contributed by atoms with Crippen LogP contribution in [0, 0.1) is 5.92 Å². The number of hydrogen-bond acceptors (Lipinski definition) is 5. The fraction of sp³-hybridized carbons (Fsp3) is 0.933. The average molecular weight is 511 g/mol. The second-order valence-corrected chi connectivity index (χ2v) is 11.7. The van der Waals surface area contributed by atoms with Gasteiger partial charge in [-0.3, -0.25) is 4.79 Å². The molecule has 36 heavy (non-hydrogen) atoms. The monoisotopic (exact) mass is 510 g/mol. The molecule has 0 aromatic heterocycles. The van der Waals surface area contributed by atoms with Crippen LogP contribution in [-0.2, 0) is 14.3 Å². The Balaban J connectivity index is 2.44. The van der Waals surface area contributed by atoms with Gasteiger partial charge in [-0.05, 0) is 84.8 Å². The van der Waals surface area contributed by atoms with Gasteiger partial charge in [-0.15, -0.1) is 0 Å². The predicted octanol–water partition coefficient (Wildman–Crippen LogP) is 7.59. The zero-order valence-corrected chi connectivity index (χ0v) is 24.5. The molecule has 1 fully saturated rings. The molecule has 1 saturated heterocycles. The number of nitrogens with zero attached hydrogens (tertiary/aromatic N) is 2. The smallest absolute Gasteiger partial charge is 0.410 e. The maximum Gasteiger partial charge on any atom is 0.410 e. The van der Waals surface area contributed by atoms with Crippen molar-refractivity contribution in [1.29, 1.82) is 0 Å². The van der Waals surface area contributed by atoms with E-state index < -0.39 is 5.60 Å². The summed E-state index contributed by atoms with van der Waals surface area (Å²) in [5, 5.41) is 0. The molecule has 1 rings (SSSR count). The van der Waals surface area contributed by atoms with Crippen LogP contribution < -0.4 is 0 Å². The molecule has 1 heterocycles. The number of amides is 1. The number of esters is 1. The van der Waals surface area contributed by atoms with Crippen molar-refractivity contribution in [2.75, 3.05) is 39.3 Å². The summed E-state index contributed by atoms with van der Waals surface area (Å²) in [5.74, 6) is 0.466. The summed E-state index contributed by atoms with van der Waals surface area (Å²) < 4.78 is 11.0. The van der Waals surface area contributed by atoms with Crippen LogP contribution in [0.4, 0.5) is 4.79 Å².